The third-order valence-corrected chi connectivity index (χ3v) is 4.93. The zero-order chi connectivity index (χ0) is 25.8. The van der Waals surface area contributed by atoms with Crippen LogP contribution in [0.4, 0.5) is 10.5 Å². The summed E-state index contributed by atoms with van der Waals surface area (Å²) in [6.07, 6.45) is 3.58. The molecule has 35 heavy (non-hydrogen) atoms. The number of benzene rings is 2. The molecular formula is C21H21ClN4O8S. The van der Waals surface area contributed by atoms with Gasteiger partial charge in [0.2, 0.25) is 0 Å². The summed E-state index contributed by atoms with van der Waals surface area (Å²) in [6, 6.07) is 9.77. The molecule has 0 radical (unpaired) electrons. The van der Waals surface area contributed by atoms with Gasteiger partial charge in [-0.2, -0.15) is 8.42 Å². The fourth-order valence-electron chi connectivity index (χ4n) is 2.96. The van der Waals surface area contributed by atoms with Gasteiger partial charge in [-0.25, -0.2) is 4.79 Å². The molecule has 2 aromatic carbocycles. The van der Waals surface area contributed by atoms with Gasteiger partial charge in [0, 0.05) is 29.8 Å². The first-order chi connectivity index (χ1) is 16.4. The first kappa shape index (κ1) is 26.0. The zero-order valence-corrected chi connectivity index (χ0v) is 19.8. The lowest BCUT2D eigenvalue weighted by molar-refractivity contribution is 0.0997. The number of hydrogen-bond donors (Lipinski definition) is 5. The first-order valence-corrected chi connectivity index (χ1v) is 11.7. The lowest BCUT2D eigenvalue weighted by Crippen LogP contribution is -2.30. The summed E-state index contributed by atoms with van der Waals surface area (Å²) in [4.78, 5) is 28.0. The number of pyridine rings is 1. The van der Waals surface area contributed by atoms with Gasteiger partial charge < -0.3 is 25.8 Å². The van der Waals surface area contributed by atoms with Gasteiger partial charge in [-0.15, -0.1) is 0 Å². The van der Waals surface area contributed by atoms with Gasteiger partial charge in [0.15, 0.2) is 0 Å². The van der Waals surface area contributed by atoms with Crippen LogP contribution in [-0.2, 0) is 10.4 Å². The quantitative estimate of drug-likeness (QED) is 0.300. The van der Waals surface area contributed by atoms with Gasteiger partial charge in [0.1, 0.15) is 17.2 Å². The normalized spacial score (nSPS) is 12.8. The first-order valence-electron chi connectivity index (χ1n) is 9.96. The number of rotatable bonds is 6. The fourth-order valence-corrected chi connectivity index (χ4v) is 3.18. The van der Waals surface area contributed by atoms with Crippen LogP contribution in [0.1, 0.15) is 23.2 Å². The lowest BCUT2D eigenvalue weighted by atomic mass is 10.1. The number of anilines is 1. The predicted molar refractivity (Wildman–Crippen MR) is 128 cm³/mol. The highest BCUT2D eigenvalue weighted by atomic mass is 35.5. The van der Waals surface area contributed by atoms with Crippen molar-refractivity contribution >= 4 is 50.5 Å². The average Bonchev–Trinajstić information content (AvgIpc) is 3.57. The maximum absolute atomic E-state index is 11.9. The van der Waals surface area contributed by atoms with Crippen LogP contribution in [0.15, 0.2) is 42.6 Å². The number of aromatic nitrogens is 1. The summed E-state index contributed by atoms with van der Waals surface area (Å²) >= 11 is 6.30. The van der Waals surface area contributed by atoms with E-state index < -0.39 is 16.3 Å². The van der Waals surface area contributed by atoms with E-state index in [1.165, 1.54) is 7.11 Å². The van der Waals surface area contributed by atoms with Gasteiger partial charge in [-0.05, 0) is 37.1 Å². The molecule has 4 rings (SSSR count). The van der Waals surface area contributed by atoms with E-state index >= 15 is 0 Å². The molecule has 0 atom stereocenters. The van der Waals surface area contributed by atoms with Crippen molar-refractivity contribution in [1.29, 1.82) is 0 Å². The number of nitrogens with zero attached hydrogens (tertiary/aromatic N) is 1. The van der Waals surface area contributed by atoms with Gasteiger partial charge >= 0.3 is 16.4 Å². The lowest BCUT2D eigenvalue weighted by Gasteiger charge is -2.13. The van der Waals surface area contributed by atoms with E-state index in [1.807, 2.05) is 0 Å². The second-order valence-corrected chi connectivity index (χ2v) is 8.61. The van der Waals surface area contributed by atoms with Crippen LogP contribution < -0.4 is 25.8 Å². The number of amides is 3. The van der Waals surface area contributed by atoms with Gasteiger partial charge in [-0.3, -0.25) is 18.9 Å². The fraction of sp³-hybridized carbons (Fsp3) is 0.190. The minimum absolute atomic E-state index is 0.224. The van der Waals surface area contributed by atoms with Crippen molar-refractivity contribution in [2.75, 3.05) is 12.4 Å². The van der Waals surface area contributed by atoms with E-state index in [4.69, 9.17) is 44.3 Å². The van der Waals surface area contributed by atoms with Crippen LogP contribution in [-0.4, -0.2) is 47.6 Å². The van der Waals surface area contributed by atoms with E-state index in [9.17, 15) is 9.59 Å². The van der Waals surface area contributed by atoms with Crippen LogP contribution >= 0.6 is 11.6 Å². The molecule has 6 N–H and O–H groups in total. The summed E-state index contributed by atoms with van der Waals surface area (Å²) < 4.78 is 42.8. The molecule has 1 aromatic heterocycles. The summed E-state index contributed by atoms with van der Waals surface area (Å²) in [5.41, 5.74) is 6.73. The summed E-state index contributed by atoms with van der Waals surface area (Å²) in [5, 5.41) is 6.48. The van der Waals surface area contributed by atoms with Crippen molar-refractivity contribution in [3.05, 3.63) is 53.2 Å². The van der Waals surface area contributed by atoms with Gasteiger partial charge in [0.25, 0.3) is 5.91 Å². The topological polar surface area (TPSA) is 190 Å². The van der Waals surface area contributed by atoms with Crippen LogP contribution in [0.5, 0.6) is 17.2 Å². The molecule has 0 unspecified atom stereocenters. The van der Waals surface area contributed by atoms with E-state index in [2.05, 4.69) is 15.6 Å². The number of fused-ring (bicyclic) bond motifs is 1. The predicted octanol–water partition coefficient (Wildman–Crippen LogP) is 3.42. The number of nitrogens with one attached hydrogen (secondary N) is 2. The Labute approximate surface area is 205 Å². The Bertz CT molecular complexity index is 1370. The molecule has 1 fully saturated rings. The Kier molecular flexibility index (Phi) is 7.96. The number of carbonyl (C=O) groups excluding carboxylic acids is 2. The van der Waals surface area contributed by atoms with Crippen LogP contribution in [0, 0.1) is 0 Å². The molecule has 0 bridgehead atoms. The number of urea groups is 1. The van der Waals surface area contributed by atoms with E-state index in [0.717, 1.165) is 12.8 Å². The number of methoxy groups -OCH3 is 1. The Balaban J connectivity index is 0.000000623. The largest absolute Gasteiger partial charge is 0.496 e. The average molecular weight is 525 g/mol. The molecule has 3 amide bonds. The summed E-state index contributed by atoms with van der Waals surface area (Å²) in [5.74, 6) is 0.639. The molecular weight excluding hydrogens is 504 g/mol. The van der Waals surface area contributed by atoms with Crippen molar-refractivity contribution in [2.45, 2.75) is 18.9 Å². The number of ether oxygens (including phenoxy) is 2. The third-order valence-electron chi connectivity index (χ3n) is 4.62. The van der Waals surface area contributed by atoms with Crippen molar-refractivity contribution in [1.82, 2.24) is 10.3 Å². The molecule has 1 saturated carbocycles. The Morgan fingerprint density at radius 2 is 1.83 bits per heavy atom. The summed E-state index contributed by atoms with van der Waals surface area (Å²) in [7, 11) is -3.21. The molecule has 3 aromatic rings. The number of nitrogens with two attached hydrogens (primary N) is 1. The molecule has 1 aliphatic rings. The molecule has 14 heteroatoms. The molecule has 1 aliphatic carbocycles. The van der Waals surface area contributed by atoms with E-state index in [-0.39, 0.29) is 17.6 Å². The highest BCUT2D eigenvalue weighted by Gasteiger charge is 2.23. The zero-order valence-electron chi connectivity index (χ0n) is 18.2. The van der Waals surface area contributed by atoms with Crippen molar-refractivity contribution in [2.24, 2.45) is 5.73 Å². The standard InChI is InChI=1S/C21H19ClN4O4.H2O4S/c1-29-19-10-17-13(9-14(19)20(23)27)18(6-7-24-17)30-12-4-5-16(15(22)8-12)26-21(28)25-11-2-3-11;1-5(2,3)4/h4-11H,2-3H2,1H3,(H2,23,27)(H2,25,26,28);(H2,1,2,3,4). The van der Waals surface area contributed by atoms with Crippen molar-refractivity contribution in [3.8, 4) is 17.2 Å². The molecule has 186 valence electrons. The molecule has 0 spiro atoms. The minimum atomic E-state index is -4.67. The number of carbonyl (C=O) groups is 2. The number of hydrogen-bond acceptors (Lipinski definition) is 7. The van der Waals surface area contributed by atoms with Crippen molar-refractivity contribution in [3.63, 3.8) is 0 Å². The molecule has 1 heterocycles. The van der Waals surface area contributed by atoms with Crippen molar-refractivity contribution < 1.29 is 36.6 Å². The van der Waals surface area contributed by atoms with Crippen LogP contribution in [0.25, 0.3) is 10.9 Å². The maximum atomic E-state index is 11.9. The van der Waals surface area contributed by atoms with Gasteiger partial charge in [-0.1, -0.05) is 11.6 Å². The number of halogens is 1. The van der Waals surface area contributed by atoms with E-state index in [1.54, 1.807) is 42.6 Å². The number of primary amides is 1. The second kappa shape index (κ2) is 10.7. The van der Waals surface area contributed by atoms with E-state index in [0.29, 0.717) is 38.9 Å². The Hall–Kier alpha value is -3.65. The SMILES string of the molecule is COc1cc2nccc(Oc3ccc(NC(=O)NC4CC4)c(Cl)c3)c2cc1C(N)=O.O=S(=O)(O)O. The van der Waals surface area contributed by atoms with Crippen LogP contribution in [0.3, 0.4) is 0 Å². The molecule has 0 saturated heterocycles. The maximum Gasteiger partial charge on any atom is 0.394 e. The highest BCUT2D eigenvalue weighted by molar-refractivity contribution is 7.79. The third kappa shape index (κ3) is 7.68. The monoisotopic (exact) mass is 524 g/mol. The van der Waals surface area contributed by atoms with Crippen LogP contribution in [0.2, 0.25) is 5.02 Å². The highest BCUT2D eigenvalue weighted by Crippen LogP contribution is 2.35. The minimum Gasteiger partial charge on any atom is -0.496 e. The summed E-state index contributed by atoms with van der Waals surface area (Å²) in [6.45, 7) is 0. The molecule has 0 aliphatic heterocycles. The molecule has 12 nitrogen and oxygen atoms in total. The smallest absolute Gasteiger partial charge is 0.394 e. The van der Waals surface area contributed by atoms with Gasteiger partial charge in [0.05, 0.1) is 28.9 Å². The second-order valence-electron chi connectivity index (χ2n) is 7.31. The Morgan fingerprint density at radius 1 is 1.14 bits per heavy atom. The Morgan fingerprint density at radius 3 is 2.40 bits per heavy atom.